The largest absolute Gasteiger partial charge is 0.356 e. The summed E-state index contributed by atoms with van der Waals surface area (Å²) in [6, 6.07) is 0. The summed E-state index contributed by atoms with van der Waals surface area (Å²) in [5.74, 6) is 0. The van der Waals surface area contributed by atoms with Crippen molar-refractivity contribution >= 4 is 0 Å². The number of rotatable bonds is 41. The maximum atomic E-state index is 2.72. The van der Waals surface area contributed by atoms with Gasteiger partial charge in [-0.05, 0) is 25.7 Å². The molecule has 0 bridgehead atoms. The predicted molar refractivity (Wildman–Crippen MR) is 223 cm³/mol. The molecule has 0 amide bonds. The predicted octanol–water partition coefficient (Wildman–Crippen LogP) is 16.7. The monoisotopic (exact) mass is 687 g/mol. The van der Waals surface area contributed by atoms with Crippen molar-refractivity contribution in [2.45, 2.75) is 277 Å². The first-order valence-corrected chi connectivity index (χ1v) is 23.5. The summed E-state index contributed by atoms with van der Waals surface area (Å²) in [6.07, 6.45) is 61.9. The average Bonchev–Trinajstić information content (AvgIpc) is 3.50. The lowest BCUT2D eigenvalue weighted by Gasteiger charge is -2.33. The first-order chi connectivity index (χ1) is 24.3. The Morgan fingerprint density at radius 2 is 0.469 bits per heavy atom. The Kier molecular flexibility index (Phi) is 36.5. The van der Waals surface area contributed by atoms with Crippen molar-refractivity contribution in [3.8, 4) is 0 Å². The van der Waals surface area contributed by atoms with E-state index in [-0.39, 0.29) is 0 Å². The summed E-state index contributed by atoms with van der Waals surface area (Å²) in [4.78, 5) is 5.44. The average molecular weight is 687 g/mol. The van der Waals surface area contributed by atoms with Crippen LogP contribution in [-0.4, -0.2) is 29.1 Å². The van der Waals surface area contributed by atoms with Crippen LogP contribution in [-0.2, 0) is 0 Å². The fourth-order valence-electron chi connectivity index (χ4n) is 8.13. The number of unbranched alkanes of at least 4 members (excludes halogenated alkanes) is 35. The molecule has 1 atom stereocenters. The zero-order chi connectivity index (χ0) is 35.1. The van der Waals surface area contributed by atoms with Gasteiger partial charge >= 0.3 is 0 Å². The first kappa shape index (κ1) is 46.4. The second kappa shape index (κ2) is 38.6. The van der Waals surface area contributed by atoms with Gasteiger partial charge in [0.25, 0.3) is 0 Å². The van der Waals surface area contributed by atoms with Gasteiger partial charge in [-0.1, -0.05) is 245 Å². The topological polar surface area (TPSA) is 6.48 Å². The maximum Gasteiger partial charge on any atom is 0.101 e. The van der Waals surface area contributed by atoms with Crippen molar-refractivity contribution in [2.75, 3.05) is 13.1 Å². The van der Waals surface area contributed by atoms with E-state index in [1.165, 1.54) is 264 Å². The molecule has 0 radical (unpaired) electrons. The van der Waals surface area contributed by atoms with Gasteiger partial charge in [-0.3, -0.25) is 0 Å². The van der Waals surface area contributed by atoms with Crippen LogP contribution in [0.25, 0.3) is 0 Å². The number of hydrogen-bond acceptors (Lipinski definition) is 2. The summed E-state index contributed by atoms with van der Waals surface area (Å²) in [5, 5.41) is 0. The third-order valence-electron chi connectivity index (χ3n) is 11.6. The van der Waals surface area contributed by atoms with Crippen LogP contribution >= 0.6 is 0 Å². The van der Waals surface area contributed by atoms with Crippen LogP contribution in [0.3, 0.4) is 0 Å². The van der Waals surface area contributed by atoms with Gasteiger partial charge in [0.1, 0.15) is 6.17 Å². The highest BCUT2D eigenvalue weighted by molar-refractivity contribution is 4.97. The minimum absolute atomic E-state index is 0.638. The highest BCUT2D eigenvalue weighted by Gasteiger charge is 2.24. The minimum Gasteiger partial charge on any atom is -0.356 e. The zero-order valence-electron chi connectivity index (χ0n) is 34.6. The van der Waals surface area contributed by atoms with E-state index in [1.807, 2.05) is 0 Å². The Morgan fingerprint density at radius 3 is 0.714 bits per heavy atom. The highest BCUT2D eigenvalue weighted by atomic mass is 15.4. The Bertz CT molecular complexity index is 644. The molecule has 292 valence electrons. The molecule has 1 rings (SSSR count). The van der Waals surface area contributed by atoms with Crippen LogP contribution in [0.15, 0.2) is 12.4 Å². The molecular weight excluding hydrogens is 593 g/mol. The van der Waals surface area contributed by atoms with Crippen molar-refractivity contribution in [3.63, 3.8) is 0 Å². The molecule has 1 aliphatic rings. The van der Waals surface area contributed by atoms with Crippen LogP contribution in [0.5, 0.6) is 0 Å². The molecule has 2 heteroatoms. The molecule has 0 aromatic carbocycles. The number of nitrogens with zero attached hydrogens (tertiary/aromatic N) is 2. The maximum absolute atomic E-state index is 2.72. The fraction of sp³-hybridized carbons (Fsp3) is 0.957. The summed E-state index contributed by atoms with van der Waals surface area (Å²) in [7, 11) is 0. The van der Waals surface area contributed by atoms with Gasteiger partial charge in [-0.15, -0.1) is 0 Å². The van der Waals surface area contributed by atoms with Gasteiger partial charge in [-0.25, -0.2) is 0 Å². The molecule has 0 aromatic rings. The summed E-state index contributed by atoms with van der Waals surface area (Å²) in [5.41, 5.74) is 0. The lowest BCUT2D eigenvalue weighted by atomic mass is 10.0. The summed E-state index contributed by atoms with van der Waals surface area (Å²) < 4.78 is 0. The van der Waals surface area contributed by atoms with E-state index in [4.69, 9.17) is 0 Å². The van der Waals surface area contributed by atoms with Gasteiger partial charge in [-0.2, -0.15) is 0 Å². The van der Waals surface area contributed by atoms with E-state index in [0.29, 0.717) is 6.17 Å². The van der Waals surface area contributed by atoms with Gasteiger partial charge in [0.05, 0.1) is 0 Å². The normalized spacial score (nSPS) is 14.6. The zero-order valence-corrected chi connectivity index (χ0v) is 34.6. The van der Waals surface area contributed by atoms with E-state index >= 15 is 0 Å². The minimum atomic E-state index is 0.638. The third kappa shape index (κ3) is 30.7. The Labute approximate surface area is 311 Å². The third-order valence-corrected chi connectivity index (χ3v) is 11.6. The van der Waals surface area contributed by atoms with Crippen molar-refractivity contribution in [1.82, 2.24) is 9.80 Å². The molecule has 0 saturated carbocycles. The molecule has 0 N–H and O–H groups in total. The molecule has 1 aliphatic heterocycles. The van der Waals surface area contributed by atoms with E-state index in [1.54, 1.807) is 0 Å². The SMILES string of the molecule is CCCCCCCCCCCCCCCCCCCN1C=CN(CCCCCCC)C1CCCCCCCCCCCCCCCCCC. The van der Waals surface area contributed by atoms with Crippen molar-refractivity contribution in [1.29, 1.82) is 0 Å². The van der Waals surface area contributed by atoms with Gasteiger partial charge in [0, 0.05) is 25.5 Å². The first-order valence-electron chi connectivity index (χ1n) is 23.5. The van der Waals surface area contributed by atoms with Crippen LogP contribution in [0.1, 0.15) is 271 Å². The standard InChI is InChI=1S/C47H94N2/c1-4-7-10-13-15-17-19-21-23-25-27-29-31-33-35-38-41-44-49-46-45-48(43-40-37-12-9-6-3)47(49)42-39-36-34-32-30-28-26-24-22-20-18-16-14-11-8-5-2/h45-47H,4-44H2,1-3H3. The van der Waals surface area contributed by atoms with E-state index < -0.39 is 0 Å². The molecule has 0 fully saturated rings. The Balaban J connectivity index is 2.08. The lowest BCUT2D eigenvalue weighted by Crippen LogP contribution is -2.39. The van der Waals surface area contributed by atoms with Crippen LogP contribution in [0.4, 0.5) is 0 Å². The van der Waals surface area contributed by atoms with Crippen LogP contribution in [0, 0.1) is 0 Å². The van der Waals surface area contributed by atoms with Gasteiger partial charge in [0.2, 0.25) is 0 Å². The van der Waals surface area contributed by atoms with E-state index in [0.717, 1.165) is 0 Å². The van der Waals surface area contributed by atoms with E-state index in [9.17, 15) is 0 Å². The lowest BCUT2D eigenvalue weighted by molar-refractivity contribution is 0.135. The molecule has 0 aromatic heterocycles. The number of hydrogen-bond donors (Lipinski definition) is 0. The molecule has 0 aliphatic carbocycles. The molecule has 49 heavy (non-hydrogen) atoms. The smallest absolute Gasteiger partial charge is 0.101 e. The molecule has 1 heterocycles. The van der Waals surface area contributed by atoms with Crippen molar-refractivity contribution < 1.29 is 0 Å². The second-order valence-electron chi connectivity index (χ2n) is 16.4. The Hall–Kier alpha value is -0.660. The molecule has 2 nitrogen and oxygen atoms in total. The van der Waals surface area contributed by atoms with Gasteiger partial charge in [0.15, 0.2) is 0 Å². The van der Waals surface area contributed by atoms with Crippen LogP contribution in [0.2, 0.25) is 0 Å². The molecule has 1 unspecified atom stereocenters. The summed E-state index contributed by atoms with van der Waals surface area (Å²) in [6.45, 7) is 9.49. The summed E-state index contributed by atoms with van der Waals surface area (Å²) >= 11 is 0. The molecule has 0 spiro atoms. The van der Waals surface area contributed by atoms with Crippen molar-refractivity contribution in [2.24, 2.45) is 0 Å². The van der Waals surface area contributed by atoms with Crippen LogP contribution < -0.4 is 0 Å². The quantitative estimate of drug-likeness (QED) is 0.0591. The molecule has 0 saturated heterocycles. The fourth-order valence-corrected chi connectivity index (χ4v) is 8.13. The highest BCUT2D eigenvalue weighted by Crippen LogP contribution is 2.24. The van der Waals surface area contributed by atoms with E-state index in [2.05, 4.69) is 43.0 Å². The van der Waals surface area contributed by atoms with Gasteiger partial charge < -0.3 is 9.80 Å². The Morgan fingerprint density at radius 1 is 0.265 bits per heavy atom. The van der Waals surface area contributed by atoms with Crippen molar-refractivity contribution in [3.05, 3.63) is 12.4 Å². The molecular formula is C47H94N2. The second-order valence-corrected chi connectivity index (χ2v) is 16.4.